The van der Waals surface area contributed by atoms with Crippen molar-refractivity contribution in [1.29, 1.82) is 0 Å². The lowest BCUT2D eigenvalue weighted by Crippen LogP contribution is -2.29. The zero-order valence-corrected chi connectivity index (χ0v) is 18.5. The third-order valence-electron chi connectivity index (χ3n) is 5.05. The smallest absolute Gasteiger partial charge is 0.291 e. The summed E-state index contributed by atoms with van der Waals surface area (Å²) in [5.74, 6) is -2.66. The molecule has 3 rings (SSSR count). The van der Waals surface area contributed by atoms with Crippen LogP contribution < -0.4 is 5.32 Å². The first-order valence-electron chi connectivity index (χ1n) is 10.0. The van der Waals surface area contributed by atoms with Gasteiger partial charge < -0.3 is 5.32 Å². The highest BCUT2D eigenvalue weighted by molar-refractivity contribution is 7.99. The van der Waals surface area contributed by atoms with Crippen LogP contribution in [0.3, 0.4) is 0 Å². The van der Waals surface area contributed by atoms with Crippen LogP contribution in [-0.2, 0) is 11.2 Å². The van der Waals surface area contributed by atoms with Crippen LogP contribution in [-0.4, -0.2) is 21.6 Å². The van der Waals surface area contributed by atoms with Crippen molar-refractivity contribution < 1.29 is 13.6 Å². The Kier molecular flexibility index (Phi) is 7.74. The van der Waals surface area contributed by atoms with Crippen LogP contribution in [0.5, 0.6) is 0 Å². The minimum atomic E-state index is -2.56. The summed E-state index contributed by atoms with van der Waals surface area (Å²) in [7, 11) is 0. The molecule has 2 aromatic carbocycles. The highest BCUT2D eigenvalue weighted by Crippen LogP contribution is 2.25. The lowest BCUT2D eigenvalue weighted by atomic mass is 9.97. The van der Waals surface area contributed by atoms with E-state index in [0.29, 0.717) is 29.6 Å². The van der Waals surface area contributed by atoms with E-state index in [9.17, 15) is 13.6 Å². The standard InChI is InChI=1S/C24H25F2N3OS/c1-15-9-11-19(12-10-15)22(18-7-5-4-6-8-18)29-21(30)14-13-20-16(2)27-24(28-17(20)3)31-23(25)26/h4-12,22-23H,13-14H2,1-3H3,(H,29,30)/t22-/m1/s1. The summed E-state index contributed by atoms with van der Waals surface area (Å²) in [5, 5.41) is 3.19. The summed E-state index contributed by atoms with van der Waals surface area (Å²) in [6, 6.07) is 17.7. The fourth-order valence-electron chi connectivity index (χ4n) is 3.44. The number of halogens is 2. The van der Waals surface area contributed by atoms with Gasteiger partial charge in [0.2, 0.25) is 5.91 Å². The zero-order valence-electron chi connectivity index (χ0n) is 17.7. The molecule has 0 aliphatic heterocycles. The molecule has 0 aliphatic carbocycles. The molecule has 31 heavy (non-hydrogen) atoms. The summed E-state index contributed by atoms with van der Waals surface area (Å²) >= 11 is 0.330. The molecule has 0 saturated carbocycles. The molecular weight excluding hydrogens is 416 g/mol. The Morgan fingerprint density at radius 3 is 2.10 bits per heavy atom. The van der Waals surface area contributed by atoms with E-state index < -0.39 is 5.76 Å². The van der Waals surface area contributed by atoms with Gasteiger partial charge >= 0.3 is 0 Å². The Balaban J connectivity index is 1.72. The molecule has 0 bridgehead atoms. The molecule has 1 aromatic heterocycles. The number of nitrogens with one attached hydrogen (secondary N) is 1. The summed E-state index contributed by atoms with van der Waals surface area (Å²) in [5.41, 5.74) is 5.24. The second-order valence-corrected chi connectivity index (χ2v) is 8.31. The number of hydrogen-bond acceptors (Lipinski definition) is 4. The summed E-state index contributed by atoms with van der Waals surface area (Å²) in [6.07, 6.45) is 0.695. The number of rotatable bonds is 8. The number of amides is 1. The van der Waals surface area contributed by atoms with Crippen LogP contribution >= 0.6 is 11.8 Å². The quantitative estimate of drug-likeness (QED) is 0.368. The second kappa shape index (κ2) is 10.5. The van der Waals surface area contributed by atoms with Crippen LogP contribution in [0.25, 0.3) is 0 Å². The maximum absolute atomic E-state index is 12.8. The van der Waals surface area contributed by atoms with Crippen LogP contribution in [0.2, 0.25) is 0 Å². The highest BCUT2D eigenvalue weighted by Gasteiger charge is 2.18. The van der Waals surface area contributed by atoms with Crippen molar-refractivity contribution >= 4 is 17.7 Å². The van der Waals surface area contributed by atoms with Gasteiger partial charge in [0, 0.05) is 17.8 Å². The number of aryl methyl sites for hydroxylation is 3. The molecule has 0 radical (unpaired) electrons. The first kappa shape index (κ1) is 22.9. The molecule has 0 fully saturated rings. The van der Waals surface area contributed by atoms with Gasteiger partial charge in [0.05, 0.1) is 6.04 Å². The number of thioether (sulfide) groups is 1. The van der Waals surface area contributed by atoms with Gasteiger partial charge in [0.15, 0.2) is 5.16 Å². The topological polar surface area (TPSA) is 54.9 Å². The average Bonchev–Trinajstić information content (AvgIpc) is 2.72. The Morgan fingerprint density at radius 2 is 1.52 bits per heavy atom. The molecule has 0 unspecified atom stereocenters. The minimum absolute atomic E-state index is 0.0571. The van der Waals surface area contributed by atoms with Gasteiger partial charge in [0.1, 0.15) is 0 Å². The largest absolute Gasteiger partial charge is 0.345 e. The molecule has 0 spiro atoms. The van der Waals surface area contributed by atoms with Crippen LogP contribution in [0, 0.1) is 20.8 Å². The molecule has 162 valence electrons. The van der Waals surface area contributed by atoms with E-state index in [1.807, 2.05) is 61.5 Å². The van der Waals surface area contributed by atoms with E-state index in [1.165, 1.54) is 0 Å². The number of carbonyl (C=O) groups excluding carboxylic acids is 1. The zero-order chi connectivity index (χ0) is 22.4. The fraction of sp³-hybridized carbons (Fsp3) is 0.292. The predicted molar refractivity (Wildman–Crippen MR) is 119 cm³/mol. The Morgan fingerprint density at radius 1 is 0.935 bits per heavy atom. The lowest BCUT2D eigenvalue weighted by molar-refractivity contribution is -0.121. The van der Waals surface area contributed by atoms with Crippen molar-refractivity contribution in [3.63, 3.8) is 0 Å². The molecule has 1 atom stereocenters. The van der Waals surface area contributed by atoms with Gasteiger partial charge in [-0.15, -0.1) is 0 Å². The van der Waals surface area contributed by atoms with Gasteiger partial charge in [-0.05, 0) is 55.6 Å². The van der Waals surface area contributed by atoms with E-state index in [2.05, 4.69) is 15.3 Å². The first-order chi connectivity index (χ1) is 14.8. The fourth-order valence-corrected chi connectivity index (χ4v) is 3.98. The monoisotopic (exact) mass is 441 g/mol. The van der Waals surface area contributed by atoms with Gasteiger partial charge in [-0.3, -0.25) is 4.79 Å². The highest BCUT2D eigenvalue weighted by atomic mass is 32.2. The number of alkyl halides is 2. The van der Waals surface area contributed by atoms with E-state index in [0.717, 1.165) is 22.3 Å². The van der Waals surface area contributed by atoms with Crippen molar-refractivity contribution in [2.75, 3.05) is 0 Å². The Hall–Kier alpha value is -2.80. The van der Waals surface area contributed by atoms with E-state index in [4.69, 9.17) is 0 Å². The maximum atomic E-state index is 12.8. The number of aromatic nitrogens is 2. The molecule has 1 N–H and O–H groups in total. The number of benzene rings is 2. The predicted octanol–water partition coefficient (Wildman–Crippen LogP) is 5.55. The van der Waals surface area contributed by atoms with Crippen molar-refractivity contribution in [2.45, 2.75) is 50.6 Å². The van der Waals surface area contributed by atoms with Crippen LogP contribution in [0.4, 0.5) is 8.78 Å². The second-order valence-electron chi connectivity index (χ2n) is 7.36. The molecule has 3 aromatic rings. The Bertz CT molecular complexity index is 1000. The maximum Gasteiger partial charge on any atom is 0.291 e. The average molecular weight is 442 g/mol. The molecule has 4 nitrogen and oxygen atoms in total. The van der Waals surface area contributed by atoms with Gasteiger partial charge in [-0.25, -0.2) is 9.97 Å². The summed E-state index contributed by atoms with van der Waals surface area (Å²) in [4.78, 5) is 21.1. The Labute approximate surface area is 185 Å². The van der Waals surface area contributed by atoms with E-state index in [-0.39, 0.29) is 23.5 Å². The molecule has 1 amide bonds. The molecule has 0 saturated heterocycles. The third kappa shape index (κ3) is 6.34. The van der Waals surface area contributed by atoms with E-state index >= 15 is 0 Å². The number of hydrogen-bond donors (Lipinski definition) is 1. The van der Waals surface area contributed by atoms with Crippen molar-refractivity contribution in [3.05, 3.63) is 88.2 Å². The third-order valence-corrected chi connectivity index (χ3v) is 5.62. The van der Waals surface area contributed by atoms with Crippen molar-refractivity contribution in [1.82, 2.24) is 15.3 Å². The van der Waals surface area contributed by atoms with Gasteiger partial charge in [0.25, 0.3) is 5.76 Å². The number of nitrogens with zero attached hydrogens (tertiary/aromatic N) is 2. The first-order valence-corrected chi connectivity index (χ1v) is 10.9. The lowest BCUT2D eigenvalue weighted by Gasteiger charge is -2.20. The number of carbonyl (C=O) groups is 1. The van der Waals surface area contributed by atoms with Crippen molar-refractivity contribution in [2.24, 2.45) is 0 Å². The minimum Gasteiger partial charge on any atom is -0.345 e. The van der Waals surface area contributed by atoms with E-state index in [1.54, 1.807) is 13.8 Å². The molecule has 0 aliphatic rings. The SMILES string of the molecule is Cc1ccc([C@H](NC(=O)CCc2c(C)nc(SC(F)F)nc2C)c2ccccc2)cc1. The van der Waals surface area contributed by atoms with Gasteiger partial charge in [-0.2, -0.15) is 8.78 Å². The molecule has 1 heterocycles. The summed E-state index contributed by atoms with van der Waals surface area (Å²) < 4.78 is 25.2. The summed E-state index contributed by atoms with van der Waals surface area (Å²) in [6.45, 7) is 5.55. The molecular formula is C24H25F2N3OS. The normalized spacial score (nSPS) is 12.1. The van der Waals surface area contributed by atoms with Crippen molar-refractivity contribution in [3.8, 4) is 0 Å². The van der Waals surface area contributed by atoms with Crippen LogP contribution in [0.15, 0.2) is 59.8 Å². The van der Waals surface area contributed by atoms with Gasteiger partial charge in [-0.1, -0.05) is 60.2 Å². The molecule has 7 heteroatoms. The van der Waals surface area contributed by atoms with Crippen LogP contribution in [0.1, 0.15) is 46.1 Å².